The molecule has 0 aromatic heterocycles. The molecule has 1 heteroatoms. The van der Waals surface area contributed by atoms with Gasteiger partial charge in [-0.1, -0.05) is 43.6 Å². The minimum absolute atomic E-state index is 0. The first-order valence-corrected chi connectivity index (χ1v) is 2.23. The van der Waals surface area contributed by atoms with Crippen LogP contribution in [-0.4, -0.2) is 0 Å². The van der Waals surface area contributed by atoms with Gasteiger partial charge in [0.1, 0.15) is 0 Å². The summed E-state index contributed by atoms with van der Waals surface area (Å²) in [5.41, 5.74) is 0. The van der Waals surface area contributed by atoms with E-state index < -0.39 is 0 Å². The fourth-order valence-corrected chi connectivity index (χ4v) is 0.289. The van der Waals surface area contributed by atoms with Crippen molar-refractivity contribution in [3.63, 3.8) is 0 Å². The van der Waals surface area contributed by atoms with Crippen molar-refractivity contribution in [2.75, 3.05) is 0 Å². The Bertz CT molecular complexity index is 12.3. The van der Waals surface area contributed by atoms with E-state index in [0.717, 1.165) is 0 Å². The fourth-order valence-electron chi connectivity index (χ4n) is 0.289. The van der Waals surface area contributed by atoms with Crippen LogP contribution in [-0.2, 0) is 32.7 Å². The van der Waals surface area contributed by atoms with Crippen LogP contribution in [0.4, 0.5) is 0 Å². The monoisotopic (exact) mass is 239 g/mol. The molecule has 0 amide bonds. The molecule has 0 spiro atoms. The number of unbranched alkanes of at least 4 members (excludes halogenated alkanes) is 2. The predicted octanol–water partition coefficient (Wildman–Crippen LogP) is 5.00. The molecule has 0 bridgehead atoms. The first kappa shape index (κ1) is 57.3. The summed E-state index contributed by atoms with van der Waals surface area (Å²) >= 11 is 0. The Morgan fingerprint density at radius 3 is 1.00 bits per heavy atom. The molecule has 0 aliphatic carbocycles. The van der Waals surface area contributed by atoms with E-state index in [1.165, 1.54) is 12.8 Å². The van der Waals surface area contributed by atoms with Crippen LogP contribution in [0.1, 0.15) is 56.4 Å². The van der Waals surface area contributed by atoms with Crippen molar-refractivity contribution in [1.82, 2.24) is 0 Å². The fraction of sp³-hybridized carbons (Fsp3) is 0.800. The molecule has 0 rings (SSSR count). The summed E-state index contributed by atoms with van der Waals surface area (Å²) in [6, 6.07) is 0. The van der Waals surface area contributed by atoms with Crippen LogP contribution in [0, 0.1) is 13.8 Å². The van der Waals surface area contributed by atoms with Crippen molar-refractivity contribution in [1.29, 1.82) is 0 Å². The first-order valence-electron chi connectivity index (χ1n) is 2.23. The van der Waals surface area contributed by atoms with Gasteiger partial charge in [0.2, 0.25) is 0 Å². The Morgan fingerprint density at radius 2 is 1.00 bits per heavy atom. The van der Waals surface area contributed by atoms with Gasteiger partial charge in [-0.3, -0.25) is 0 Å². The third-order valence-electron chi connectivity index (χ3n) is 0.577. The third kappa shape index (κ3) is 95.5. The molecular weight excluding hydrogens is 209 g/mol. The van der Waals surface area contributed by atoms with Gasteiger partial charge in [-0.25, -0.2) is 0 Å². The van der Waals surface area contributed by atoms with Crippen molar-refractivity contribution in [3.05, 3.63) is 13.8 Å². The molecular formula is C10H30Y-2. The molecule has 0 aliphatic rings. The van der Waals surface area contributed by atoms with Crippen molar-refractivity contribution in [2.45, 2.75) is 56.4 Å². The molecule has 1 radical (unpaired) electrons. The van der Waals surface area contributed by atoms with Crippen LogP contribution < -0.4 is 0 Å². The Morgan fingerprint density at radius 1 is 0.818 bits per heavy atom. The summed E-state index contributed by atoms with van der Waals surface area (Å²) in [5.74, 6) is 0. The maximum absolute atomic E-state index is 2.25. The van der Waals surface area contributed by atoms with E-state index in [2.05, 4.69) is 20.3 Å². The van der Waals surface area contributed by atoms with Gasteiger partial charge in [-0.2, -0.15) is 12.8 Å². The second-order valence-corrected chi connectivity index (χ2v) is 1.11. The van der Waals surface area contributed by atoms with Gasteiger partial charge in [0.15, 0.2) is 0 Å². The molecule has 0 N–H and O–H groups in total. The molecule has 0 atom stereocenters. The first-order chi connectivity index (χ1) is 2.41. The minimum Gasteiger partial charge on any atom is -0.358 e. The van der Waals surface area contributed by atoms with Crippen LogP contribution in [0.15, 0.2) is 0 Å². The zero-order valence-corrected chi connectivity index (χ0v) is 8.41. The minimum atomic E-state index is 0. The molecule has 0 nitrogen and oxygen atoms in total. The summed E-state index contributed by atoms with van der Waals surface area (Å²) in [4.78, 5) is 0. The second kappa shape index (κ2) is 67.3. The molecule has 0 saturated heterocycles. The average Bonchev–Trinajstić information content (AvgIpc) is 1.41. The van der Waals surface area contributed by atoms with Crippen LogP contribution >= 0.6 is 0 Å². The van der Waals surface area contributed by atoms with Crippen molar-refractivity contribution in [2.24, 2.45) is 0 Å². The van der Waals surface area contributed by atoms with Gasteiger partial charge in [-0.15, -0.1) is 0 Å². The zero-order valence-electron chi connectivity index (χ0n) is 5.57. The Balaban J connectivity index is -0.00000000533. The normalized spacial score (nSPS) is 3.82. The molecule has 11 heavy (non-hydrogen) atoms. The largest absolute Gasteiger partial charge is 0.358 e. The maximum Gasteiger partial charge on any atom is 0 e. The molecule has 0 unspecified atom stereocenters. The van der Waals surface area contributed by atoms with E-state index in [-0.39, 0.29) is 69.8 Å². The van der Waals surface area contributed by atoms with Crippen LogP contribution in [0.5, 0.6) is 0 Å². The third-order valence-corrected chi connectivity index (χ3v) is 0.577. The van der Waals surface area contributed by atoms with Gasteiger partial charge >= 0.3 is 0 Å². The standard InChI is InChI=1S/C5H11.4CH4.CH3.Y/c1-3-5-4-2;;;;;;/h5H,3-4H2,1-2H3;4*1H4;1H3;/q-1;;;;;-1;. The van der Waals surface area contributed by atoms with Crippen LogP contribution in [0.2, 0.25) is 0 Å². The molecule has 0 aliphatic heterocycles. The van der Waals surface area contributed by atoms with Gasteiger partial charge in [0, 0.05) is 32.7 Å². The van der Waals surface area contributed by atoms with Crippen molar-refractivity contribution < 1.29 is 32.7 Å². The zero-order chi connectivity index (χ0) is 4.12. The summed E-state index contributed by atoms with van der Waals surface area (Å²) in [6.07, 6.45) is 4.69. The SMILES string of the molecule is C.C.C.C.CC[CH-]CC.[CH3-].[Y]. The van der Waals surface area contributed by atoms with Crippen LogP contribution in [0.3, 0.4) is 0 Å². The van der Waals surface area contributed by atoms with E-state index in [1.54, 1.807) is 0 Å². The van der Waals surface area contributed by atoms with E-state index in [9.17, 15) is 0 Å². The maximum atomic E-state index is 2.25. The van der Waals surface area contributed by atoms with E-state index in [1.807, 2.05) is 0 Å². The number of hydrogen-bond acceptors (Lipinski definition) is 0. The molecule has 75 valence electrons. The second-order valence-electron chi connectivity index (χ2n) is 1.11. The summed E-state index contributed by atoms with van der Waals surface area (Å²) in [7, 11) is 0. The Hall–Kier alpha value is 1.10. The van der Waals surface area contributed by atoms with E-state index in [4.69, 9.17) is 0 Å². The van der Waals surface area contributed by atoms with E-state index >= 15 is 0 Å². The number of hydrogen-bond donors (Lipinski definition) is 0. The Kier molecular flexibility index (Phi) is 351. The quantitative estimate of drug-likeness (QED) is 0.594. The summed E-state index contributed by atoms with van der Waals surface area (Å²) in [5, 5.41) is 0. The van der Waals surface area contributed by atoms with Gasteiger partial charge in [0.25, 0.3) is 0 Å². The topological polar surface area (TPSA) is 0 Å². The molecule has 0 saturated carbocycles. The summed E-state index contributed by atoms with van der Waals surface area (Å²) in [6.45, 7) is 4.31. The molecule has 0 aromatic rings. The van der Waals surface area contributed by atoms with Crippen molar-refractivity contribution >= 4 is 0 Å². The van der Waals surface area contributed by atoms with Crippen LogP contribution in [0.25, 0.3) is 0 Å². The average molecular weight is 239 g/mol. The summed E-state index contributed by atoms with van der Waals surface area (Å²) < 4.78 is 0. The van der Waals surface area contributed by atoms with Gasteiger partial charge in [-0.05, 0) is 0 Å². The van der Waals surface area contributed by atoms with E-state index in [0.29, 0.717) is 0 Å². The molecule has 0 heterocycles. The van der Waals surface area contributed by atoms with Gasteiger partial charge < -0.3 is 13.8 Å². The molecule has 0 fully saturated rings. The smallest absolute Gasteiger partial charge is 0 e. The number of rotatable bonds is 2. The Labute approximate surface area is 102 Å². The predicted molar refractivity (Wildman–Crippen MR) is 58.2 cm³/mol. The molecule has 0 aromatic carbocycles. The van der Waals surface area contributed by atoms with Crippen molar-refractivity contribution in [3.8, 4) is 0 Å². The van der Waals surface area contributed by atoms with Gasteiger partial charge in [0.05, 0.1) is 0 Å².